The highest BCUT2D eigenvalue weighted by Gasteiger charge is 2.15. The monoisotopic (exact) mass is 234 g/mol. The Balaban J connectivity index is 2.02. The molecule has 1 aromatic rings. The molecular formula is C14H18O3. The van der Waals surface area contributed by atoms with E-state index in [4.69, 9.17) is 9.84 Å². The summed E-state index contributed by atoms with van der Waals surface area (Å²) < 4.78 is 5.86. The summed E-state index contributed by atoms with van der Waals surface area (Å²) in [7, 11) is 0. The van der Waals surface area contributed by atoms with Gasteiger partial charge in [-0.15, -0.1) is 0 Å². The highest BCUT2D eigenvalue weighted by atomic mass is 16.5. The van der Waals surface area contributed by atoms with Crippen molar-refractivity contribution in [2.24, 2.45) is 0 Å². The topological polar surface area (TPSA) is 46.5 Å². The third-order valence-electron chi connectivity index (χ3n) is 3.15. The summed E-state index contributed by atoms with van der Waals surface area (Å²) in [5, 5.41) is 8.81. The molecule has 1 aliphatic rings. The van der Waals surface area contributed by atoms with Crippen molar-refractivity contribution in [3.8, 4) is 5.75 Å². The molecule has 1 saturated carbocycles. The van der Waals surface area contributed by atoms with E-state index in [1.165, 1.54) is 19.3 Å². The first kappa shape index (κ1) is 12.1. The van der Waals surface area contributed by atoms with E-state index < -0.39 is 6.61 Å². The number of hydrogen-bond acceptors (Lipinski definition) is 3. The molecule has 0 unspecified atom stereocenters. The molecule has 0 amide bonds. The Morgan fingerprint density at radius 1 is 1.29 bits per heavy atom. The zero-order valence-electron chi connectivity index (χ0n) is 9.89. The van der Waals surface area contributed by atoms with Crippen molar-refractivity contribution in [3.05, 3.63) is 29.8 Å². The zero-order chi connectivity index (χ0) is 12.1. The van der Waals surface area contributed by atoms with Crippen LogP contribution in [0.2, 0.25) is 0 Å². The maximum atomic E-state index is 11.4. The number of aliphatic hydroxyl groups is 1. The third-order valence-corrected chi connectivity index (χ3v) is 3.15. The number of ether oxygens (including phenoxy) is 1. The minimum Gasteiger partial charge on any atom is -0.490 e. The predicted molar refractivity (Wildman–Crippen MR) is 65.4 cm³/mol. The van der Waals surface area contributed by atoms with Gasteiger partial charge in [0.1, 0.15) is 12.4 Å². The first-order valence-electron chi connectivity index (χ1n) is 6.20. The molecule has 0 atom stereocenters. The highest BCUT2D eigenvalue weighted by molar-refractivity contribution is 5.97. The molecule has 0 aliphatic heterocycles. The number of aliphatic hydroxyl groups excluding tert-OH is 1. The molecule has 0 aromatic heterocycles. The van der Waals surface area contributed by atoms with Crippen LogP contribution in [0.3, 0.4) is 0 Å². The summed E-state index contributed by atoms with van der Waals surface area (Å²) in [6.45, 7) is -0.452. The Morgan fingerprint density at radius 3 is 2.76 bits per heavy atom. The molecule has 0 bridgehead atoms. The van der Waals surface area contributed by atoms with E-state index in [2.05, 4.69) is 0 Å². The standard InChI is InChI=1S/C14H18O3/c15-10-14(16)11-5-4-8-13(9-11)17-12-6-2-1-3-7-12/h4-5,8-9,12,15H,1-3,6-7,10H2. The van der Waals surface area contributed by atoms with Crippen molar-refractivity contribution in [2.45, 2.75) is 38.2 Å². The van der Waals surface area contributed by atoms with Crippen LogP contribution >= 0.6 is 0 Å². The summed E-state index contributed by atoms with van der Waals surface area (Å²) >= 11 is 0. The van der Waals surface area contributed by atoms with Crippen molar-refractivity contribution in [1.82, 2.24) is 0 Å². The Kier molecular flexibility index (Phi) is 4.15. The van der Waals surface area contributed by atoms with Crippen molar-refractivity contribution in [1.29, 1.82) is 0 Å². The van der Waals surface area contributed by atoms with Crippen LogP contribution in [0.25, 0.3) is 0 Å². The molecule has 1 aliphatic carbocycles. The zero-order valence-corrected chi connectivity index (χ0v) is 9.89. The number of benzene rings is 1. The van der Waals surface area contributed by atoms with Crippen molar-refractivity contribution in [3.63, 3.8) is 0 Å². The average molecular weight is 234 g/mol. The van der Waals surface area contributed by atoms with Gasteiger partial charge in [0.2, 0.25) is 0 Å². The van der Waals surface area contributed by atoms with Gasteiger partial charge in [-0.05, 0) is 37.8 Å². The molecule has 0 heterocycles. The fourth-order valence-corrected chi connectivity index (χ4v) is 2.21. The number of Topliss-reactive ketones (excluding diaryl/α,β-unsaturated/α-hetero) is 1. The van der Waals surface area contributed by atoms with Crippen LogP contribution in [-0.2, 0) is 0 Å². The van der Waals surface area contributed by atoms with Crippen LogP contribution in [0.5, 0.6) is 5.75 Å². The van der Waals surface area contributed by atoms with Gasteiger partial charge in [-0.25, -0.2) is 0 Å². The largest absolute Gasteiger partial charge is 0.490 e. The maximum absolute atomic E-state index is 11.4. The summed E-state index contributed by atoms with van der Waals surface area (Å²) in [5.74, 6) is 0.468. The first-order valence-corrected chi connectivity index (χ1v) is 6.20. The second kappa shape index (κ2) is 5.82. The molecule has 17 heavy (non-hydrogen) atoms. The van der Waals surface area contributed by atoms with E-state index in [9.17, 15) is 4.79 Å². The Hall–Kier alpha value is -1.35. The minimum atomic E-state index is -0.452. The smallest absolute Gasteiger partial charge is 0.188 e. The summed E-state index contributed by atoms with van der Waals surface area (Å²) in [6, 6.07) is 7.07. The van der Waals surface area contributed by atoms with Crippen molar-refractivity contribution >= 4 is 5.78 Å². The van der Waals surface area contributed by atoms with Crippen LogP contribution in [0, 0.1) is 0 Å². The molecule has 1 aromatic carbocycles. The molecule has 1 N–H and O–H groups in total. The average Bonchev–Trinajstić information content (AvgIpc) is 2.39. The molecule has 0 saturated heterocycles. The molecule has 2 rings (SSSR count). The Bertz CT molecular complexity index is 381. The summed E-state index contributed by atoms with van der Waals surface area (Å²) in [5.41, 5.74) is 0.515. The van der Waals surface area contributed by atoms with Gasteiger partial charge in [0.25, 0.3) is 0 Å². The minimum absolute atomic E-state index is 0.265. The number of ketones is 1. The van der Waals surface area contributed by atoms with Crippen molar-refractivity contribution in [2.75, 3.05) is 6.61 Å². The van der Waals surface area contributed by atoms with E-state index in [0.717, 1.165) is 18.6 Å². The first-order chi connectivity index (χ1) is 8.29. The summed E-state index contributed by atoms with van der Waals surface area (Å²) in [4.78, 5) is 11.4. The second-order valence-electron chi connectivity index (χ2n) is 4.49. The predicted octanol–water partition coefficient (Wildman–Crippen LogP) is 2.57. The number of carbonyl (C=O) groups excluding carboxylic acids is 1. The SMILES string of the molecule is O=C(CO)c1cccc(OC2CCCCC2)c1. The normalized spacial score (nSPS) is 16.8. The molecule has 0 spiro atoms. The molecule has 1 fully saturated rings. The molecular weight excluding hydrogens is 216 g/mol. The highest BCUT2D eigenvalue weighted by Crippen LogP contribution is 2.23. The van der Waals surface area contributed by atoms with Gasteiger partial charge in [-0.2, -0.15) is 0 Å². The maximum Gasteiger partial charge on any atom is 0.188 e. The molecule has 3 nitrogen and oxygen atoms in total. The molecule has 92 valence electrons. The molecule has 3 heteroatoms. The van der Waals surface area contributed by atoms with E-state index in [1.54, 1.807) is 18.2 Å². The lowest BCUT2D eigenvalue weighted by Crippen LogP contribution is -2.19. The van der Waals surface area contributed by atoms with E-state index >= 15 is 0 Å². The molecule has 0 radical (unpaired) electrons. The summed E-state index contributed by atoms with van der Waals surface area (Å²) in [6.07, 6.45) is 6.21. The van der Waals surface area contributed by atoms with Gasteiger partial charge in [-0.1, -0.05) is 18.6 Å². The van der Waals surface area contributed by atoms with Crippen LogP contribution in [0.1, 0.15) is 42.5 Å². The van der Waals surface area contributed by atoms with Crippen LogP contribution < -0.4 is 4.74 Å². The fourth-order valence-electron chi connectivity index (χ4n) is 2.21. The quantitative estimate of drug-likeness (QED) is 0.814. The fraction of sp³-hybridized carbons (Fsp3) is 0.500. The second-order valence-corrected chi connectivity index (χ2v) is 4.49. The Labute approximate surface area is 101 Å². The van der Waals surface area contributed by atoms with Gasteiger partial charge in [0.05, 0.1) is 6.10 Å². The van der Waals surface area contributed by atoms with Gasteiger partial charge in [0.15, 0.2) is 5.78 Å². The van der Waals surface area contributed by atoms with Gasteiger partial charge < -0.3 is 9.84 Å². The van der Waals surface area contributed by atoms with Gasteiger partial charge in [0, 0.05) is 5.56 Å². The Morgan fingerprint density at radius 2 is 2.06 bits per heavy atom. The van der Waals surface area contributed by atoms with E-state index in [1.807, 2.05) is 6.07 Å². The van der Waals surface area contributed by atoms with Crippen LogP contribution in [0.4, 0.5) is 0 Å². The third kappa shape index (κ3) is 3.30. The number of rotatable bonds is 4. The van der Waals surface area contributed by atoms with Crippen LogP contribution in [0.15, 0.2) is 24.3 Å². The van der Waals surface area contributed by atoms with E-state index in [0.29, 0.717) is 5.56 Å². The number of hydrogen-bond donors (Lipinski definition) is 1. The van der Waals surface area contributed by atoms with E-state index in [-0.39, 0.29) is 11.9 Å². The lowest BCUT2D eigenvalue weighted by Gasteiger charge is -2.23. The van der Waals surface area contributed by atoms with Gasteiger partial charge in [-0.3, -0.25) is 4.79 Å². The lowest BCUT2D eigenvalue weighted by atomic mass is 9.98. The lowest BCUT2D eigenvalue weighted by molar-refractivity contribution is 0.0902. The number of carbonyl (C=O) groups is 1. The van der Waals surface area contributed by atoms with Gasteiger partial charge >= 0.3 is 0 Å². The van der Waals surface area contributed by atoms with Crippen LogP contribution in [-0.4, -0.2) is 23.6 Å². The van der Waals surface area contributed by atoms with Crippen molar-refractivity contribution < 1.29 is 14.6 Å².